The molecule has 0 fully saturated rings. The molecule has 2 aromatic rings. The Bertz CT molecular complexity index is 752. The summed E-state index contributed by atoms with van der Waals surface area (Å²) in [5.74, 6) is 0. The van der Waals surface area contributed by atoms with Gasteiger partial charge in [-0.15, -0.1) is 11.3 Å². The smallest absolute Gasteiger partial charge is 0.241 e. The van der Waals surface area contributed by atoms with Crippen molar-refractivity contribution < 1.29 is 8.42 Å². The second kappa shape index (κ2) is 6.13. The van der Waals surface area contributed by atoms with Crippen molar-refractivity contribution in [3.8, 4) is 0 Å². The van der Waals surface area contributed by atoms with Gasteiger partial charge >= 0.3 is 0 Å². The number of hydrogen-bond donors (Lipinski definition) is 2. The van der Waals surface area contributed by atoms with Gasteiger partial charge in [0.05, 0.1) is 11.4 Å². The van der Waals surface area contributed by atoms with E-state index in [1.165, 1.54) is 17.4 Å². The molecule has 0 aliphatic carbocycles. The predicted octanol–water partition coefficient (Wildman–Crippen LogP) is 2.38. The van der Waals surface area contributed by atoms with Crippen molar-refractivity contribution in [1.29, 1.82) is 0 Å². The van der Waals surface area contributed by atoms with E-state index in [1.54, 1.807) is 19.2 Å². The highest BCUT2D eigenvalue weighted by atomic mass is 32.2. The summed E-state index contributed by atoms with van der Waals surface area (Å²) in [6, 6.07) is 3.26. The van der Waals surface area contributed by atoms with Crippen LogP contribution in [0.3, 0.4) is 0 Å². The van der Waals surface area contributed by atoms with Gasteiger partial charge in [0.1, 0.15) is 5.01 Å². The molecule has 114 valence electrons. The average Bonchev–Trinajstić information content (AvgIpc) is 2.88. The minimum Gasteiger partial charge on any atom is -0.399 e. The molecule has 0 radical (unpaired) electrons. The van der Waals surface area contributed by atoms with E-state index in [4.69, 9.17) is 5.73 Å². The Labute approximate surface area is 129 Å². The van der Waals surface area contributed by atoms with Gasteiger partial charge in [0.15, 0.2) is 0 Å². The third-order valence-electron chi connectivity index (χ3n) is 3.29. The fraction of sp³-hybridized carbons (Fsp3) is 0.357. The van der Waals surface area contributed by atoms with Crippen LogP contribution in [-0.2, 0) is 23.0 Å². The lowest BCUT2D eigenvalue weighted by Crippen LogP contribution is -2.24. The molecule has 3 N–H and O–H groups in total. The van der Waals surface area contributed by atoms with Crippen molar-refractivity contribution in [3.63, 3.8) is 0 Å². The number of sulfonamides is 1. The topological polar surface area (TPSA) is 85.1 Å². The van der Waals surface area contributed by atoms with Gasteiger partial charge < -0.3 is 5.73 Å². The van der Waals surface area contributed by atoms with E-state index in [1.807, 2.05) is 13.8 Å². The van der Waals surface area contributed by atoms with E-state index in [-0.39, 0.29) is 11.4 Å². The molecule has 1 aromatic carbocycles. The lowest BCUT2D eigenvalue weighted by molar-refractivity contribution is 0.580. The van der Waals surface area contributed by atoms with Crippen LogP contribution in [0, 0.1) is 13.8 Å². The zero-order valence-corrected chi connectivity index (χ0v) is 13.9. The first-order chi connectivity index (χ1) is 9.83. The third kappa shape index (κ3) is 3.61. The van der Waals surface area contributed by atoms with E-state index in [9.17, 15) is 8.42 Å². The molecule has 1 heterocycles. The fourth-order valence-electron chi connectivity index (χ4n) is 1.96. The molecule has 21 heavy (non-hydrogen) atoms. The molecule has 0 aliphatic heterocycles. The number of hydrogen-bond acceptors (Lipinski definition) is 5. The van der Waals surface area contributed by atoms with Crippen LogP contribution >= 0.6 is 11.3 Å². The van der Waals surface area contributed by atoms with Crippen LogP contribution in [0.5, 0.6) is 0 Å². The summed E-state index contributed by atoms with van der Waals surface area (Å²) >= 11 is 1.52. The maximum atomic E-state index is 12.4. The molecular formula is C14H19N3O2S2. The van der Waals surface area contributed by atoms with Gasteiger partial charge in [-0.3, -0.25) is 0 Å². The molecule has 7 heteroatoms. The van der Waals surface area contributed by atoms with Gasteiger partial charge in [0.2, 0.25) is 10.0 Å². The summed E-state index contributed by atoms with van der Waals surface area (Å²) < 4.78 is 27.4. The SMILES string of the molecule is CCc1cnc(CNS(=O)(=O)c2cc(N)cc(C)c2C)s1. The van der Waals surface area contributed by atoms with Gasteiger partial charge in [0, 0.05) is 16.8 Å². The molecule has 0 atom stereocenters. The maximum absolute atomic E-state index is 12.4. The van der Waals surface area contributed by atoms with Crippen molar-refractivity contribution in [3.05, 3.63) is 39.3 Å². The van der Waals surface area contributed by atoms with Gasteiger partial charge in [-0.2, -0.15) is 0 Å². The highest BCUT2D eigenvalue weighted by molar-refractivity contribution is 7.89. The summed E-state index contributed by atoms with van der Waals surface area (Å²) in [5, 5.41) is 0.758. The number of nitrogen functional groups attached to an aromatic ring is 1. The van der Waals surface area contributed by atoms with Crippen molar-refractivity contribution in [2.24, 2.45) is 0 Å². The second-order valence-electron chi connectivity index (χ2n) is 4.86. The highest BCUT2D eigenvalue weighted by Crippen LogP contribution is 2.22. The number of aryl methyl sites for hydroxylation is 2. The van der Waals surface area contributed by atoms with Crippen molar-refractivity contribution >= 4 is 27.0 Å². The largest absolute Gasteiger partial charge is 0.399 e. The standard InChI is InChI=1S/C14H19N3O2S2/c1-4-12-7-16-14(20-12)8-17-21(18,19)13-6-11(15)5-9(2)10(13)3/h5-7,17H,4,8,15H2,1-3H3. The molecule has 0 unspecified atom stereocenters. The van der Waals surface area contributed by atoms with Gasteiger partial charge in [-0.05, 0) is 43.5 Å². The average molecular weight is 325 g/mol. The molecule has 0 saturated heterocycles. The second-order valence-corrected chi connectivity index (χ2v) is 7.79. The molecule has 0 spiro atoms. The molecule has 0 bridgehead atoms. The van der Waals surface area contributed by atoms with Crippen LogP contribution < -0.4 is 10.5 Å². The minimum absolute atomic E-state index is 0.195. The summed E-state index contributed by atoms with van der Waals surface area (Å²) in [7, 11) is -3.59. The molecule has 5 nitrogen and oxygen atoms in total. The number of rotatable bonds is 5. The molecule has 0 amide bonds. The first-order valence-corrected chi connectivity index (χ1v) is 8.93. The molecule has 2 rings (SSSR count). The van der Waals surface area contributed by atoms with Gasteiger partial charge in [-0.25, -0.2) is 18.1 Å². The number of aromatic nitrogens is 1. The summed E-state index contributed by atoms with van der Waals surface area (Å²) in [5.41, 5.74) is 7.77. The maximum Gasteiger partial charge on any atom is 0.241 e. The Morgan fingerprint density at radius 1 is 1.33 bits per heavy atom. The van der Waals surface area contributed by atoms with Crippen LogP contribution in [0.4, 0.5) is 5.69 Å². The van der Waals surface area contributed by atoms with E-state index in [2.05, 4.69) is 9.71 Å². The molecule has 0 aliphatic rings. The van der Waals surface area contributed by atoms with Crippen molar-refractivity contribution in [2.75, 3.05) is 5.73 Å². The predicted molar refractivity (Wildman–Crippen MR) is 85.8 cm³/mol. The fourth-order valence-corrected chi connectivity index (χ4v) is 4.19. The van der Waals surface area contributed by atoms with Crippen LogP contribution in [0.1, 0.15) is 27.9 Å². The Balaban J connectivity index is 2.22. The summed E-state index contributed by atoms with van der Waals surface area (Å²) in [4.78, 5) is 5.58. The summed E-state index contributed by atoms with van der Waals surface area (Å²) in [6.45, 7) is 5.86. The Morgan fingerprint density at radius 3 is 2.67 bits per heavy atom. The first kappa shape index (κ1) is 15.9. The third-order valence-corrected chi connectivity index (χ3v) is 5.96. The number of nitrogens with two attached hydrogens (primary N) is 1. The van der Waals surface area contributed by atoms with Crippen molar-refractivity contribution in [1.82, 2.24) is 9.71 Å². The van der Waals surface area contributed by atoms with E-state index >= 15 is 0 Å². The van der Waals surface area contributed by atoms with Crippen molar-refractivity contribution in [2.45, 2.75) is 38.6 Å². The van der Waals surface area contributed by atoms with E-state index in [0.717, 1.165) is 21.9 Å². The number of anilines is 1. The molecule has 0 saturated carbocycles. The Morgan fingerprint density at radius 2 is 2.05 bits per heavy atom. The van der Waals surface area contributed by atoms with Crippen LogP contribution in [0.2, 0.25) is 0 Å². The number of benzene rings is 1. The number of thiazole rings is 1. The normalized spacial score (nSPS) is 11.8. The van der Waals surface area contributed by atoms with Crippen LogP contribution in [0.15, 0.2) is 23.2 Å². The summed E-state index contributed by atoms with van der Waals surface area (Å²) in [6.07, 6.45) is 2.68. The van der Waals surface area contributed by atoms with Crippen LogP contribution in [0.25, 0.3) is 0 Å². The first-order valence-electron chi connectivity index (χ1n) is 6.63. The zero-order chi connectivity index (χ0) is 15.6. The quantitative estimate of drug-likeness (QED) is 0.827. The lowest BCUT2D eigenvalue weighted by Gasteiger charge is -2.11. The Kier molecular flexibility index (Phi) is 4.65. The van der Waals surface area contributed by atoms with Crippen LogP contribution in [-0.4, -0.2) is 13.4 Å². The van der Waals surface area contributed by atoms with Gasteiger partial charge in [-0.1, -0.05) is 6.92 Å². The van der Waals surface area contributed by atoms with Gasteiger partial charge in [0.25, 0.3) is 0 Å². The number of nitrogens with zero attached hydrogens (tertiary/aromatic N) is 1. The lowest BCUT2D eigenvalue weighted by atomic mass is 10.1. The highest BCUT2D eigenvalue weighted by Gasteiger charge is 2.19. The monoisotopic (exact) mass is 325 g/mol. The molecule has 1 aromatic heterocycles. The number of nitrogens with one attached hydrogen (secondary N) is 1. The van der Waals surface area contributed by atoms with E-state index < -0.39 is 10.0 Å². The van der Waals surface area contributed by atoms with E-state index in [0.29, 0.717) is 11.3 Å². The Hall–Kier alpha value is -1.44. The zero-order valence-electron chi connectivity index (χ0n) is 12.3. The minimum atomic E-state index is -3.59. The molecular weight excluding hydrogens is 306 g/mol.